The van der Waals surface area contributed by atoms with Gasteiger partial charge < -0.3 is 4.74 Å². The number of anilines is 1. The third kappa shape index (κ3) is 4.34. The number of hydrogen-bond donors (Lipinski definition) is 1. The molecule has 0 unspecified atom stereocenters. The van der Waals surface area contributed by atoms with Crippen molar-refractivity contribution in [3.05, 3.63) is 36.9 Å². The highest BCUT2D eigenvalue weighted by atomic mass is 16.5. The first-order valence-corrected chi connectivity index (χ1v) is 5.58. The molecule has 87 valence electrons. The second kappa shape index (κ2) is 6.88. The number of ether oxygens (including phenoxy) is 1. The molecular weight excluding hydrogens is 202 g/mol. The van der Waals surface area contributed by atoms with Gasteiger partial charge in [-0.2, -0.15) is 0 Å². The zero-order chi connectivity index (χ0) is 11.8. The molecule has 0 aliphatic rings. The molecule has 3 heteroatoms. The average Bonchev–Trinajstić information content (AvgIpc) is 2.31. The third-order valence-electron chi connectivity index (χ3n) is 2.40. The molecule has 0 heterocycles. The molecule has 1 radical (unpaired) electrons. The fraction of sp³-hybridized carbons (Fsp3) is 0.385. The maximum atomic E-state index is 10.9. The van der Waals surface area contributed by atoms with Crippen LogP contribution in [0.25, 0.3) is 0 Å². The van der Waals surface area contributed by atoms with Crippen molar-refractivity contribution < 1.29 is 9.53 Å². The van der Waals surface area contributed by atoms with Crippen molar-refractivity contribution in [3.63, 3.8) is 0 Å². The monoisotopic (exact) mass is 220 g/mol. The van der Waals surface area contributed by atoms with E-state index in [0.717, 1.165) is 12.1 Å². The van der Waals surface area contributed by atoms with Crippen LogP contribution in [0, 0.1) is 7.11 Å². The number of aryl methyl sites for hydroxylation is 1. The van der Waals surface area contributed by atoms with Crippen molar-refractivity contribution in [3.8, 4) is 0 Å². The summed E-state index contributed by atoms with van der Waals surface area (Å²) in [6.07, 6.45) is 4.25. The smallest absolute Gasteiger partial charge is 0.411 e. The Hall–Kier alpha value is -1.51. The van der Waals surface area contributed by atoms with Crippen LogP contribution in [0.5, 0.6) is 0 Å². The molecule has 1 amide bonds. The molecule has 0 aromatic heterocycles. The van der Waals surface area contributed by atoms with Crippen molar-refractivity contribution in [2.45, 2.75) is 32.6 Å². The van der Waals surface area contributed by atoms with Gasteiger partial charge in [-0.05, 0) is 30.5 Å². The Morgan fingerprint density at radius 2 is 2.00 bits per heavy atom. The first kappa shape index (κ1) is 12.6. The fourth-order valence-corrected chi connectivity index (χ4v) is 1.49. The highest BCUT2D eigenvalue weighted by Gasteiger charge is 2.00. The van der Waals surface area contributed by atoms with E-state index in [-0.39, 0.29) is 0 Å². The van der Waals surface area contributed by atoms with Gasteiger partial charge in [-0.25, -0.2) is 4.79 Å². The molecule has 0 spiro atoms. The fourth-order valence-electron chi connectivity index (χ4n) is 1.49. The van der Waals surface area contributed by atoms with Gasteiger partial charge in [-0.1, -0.05) is 31.9 Å². The summed E-state index contributed by atoms with van der Waals surface area (Å²) in [5.74, 6) is 0. The van der Waals surface area contributed by atoms with E-state index in [4.69, 9.17) is 0 Å². The van der Waals surface area contributed by atoms with Gasteiger partial charge >= 0.3 is 6.09 Å². The lowest BCUT2D eigenvalue weighted by atomic mass is 10.1. The van der Waals surface area contributed by atoms with E-state index in [9.17, 15) is 4.79 Å². The quantitative estimate of drug-likeness (QED) is 0.767. The Labute approximate surface area is 96.8 Å². The van der Waals surface area contributed by atoms with Gasteiger partial charge in [0.1, 0.15) is 7.11 Å². The molecule has 0 aliphatic carbocycles. The van der Waals surface area contributed by atoms with Crippen LogP contribution in [0.4, 0.5) is 10.5 Å². The van der Waals surface area contributed by atoms with Crippen LogP contribution >= 0.6 is 0 Å². The lowest BCUT2D eigenvalue weighted by Gasteiger charge is -2.05. The molecule has 1 N–H and O–H groups in total. The van der Waals surface area contributed by atoms with Gasteiger partial charge in [-0.15, -0.1) is 0 Å². The SMILES string of the molecule is [CH2]OC(=O)Nc1ccc(CCCCC)cc1. The predicted octanol–water partition coefficient (Wildman–Crippen LogP) is 3.76. The van der Waals surface area contributed by atoms with Crippen LogP contribution in [0.15, 0.2) is 24.3 Å². The van der Waals surface area contributed by atoms with E-state index >= 15 is 0 Å². The number of unbranched alkanes of at least 4 members (excludes halogenated alkanes) is 2. The first-order chi connectivity index (χ1) is 7.76. The van der Waals surface area contributed by atoms with Crippen molar-refractivity contribution in [1.29, 1.82) is 0 Å². The Kier molecular flexibility index (Phi) is 5.40. The molecule has 1 rings (SSSR count). The summed E-state index contributed by atoms with van der Waals surface area (Å²) >= 11 is 0. The Bertz CT molecular complexity index is 319. The van der Waals surface area contributed by atoms with Crippen LogP contribution in [-0.4, -0.2) is 6.09 Å². The molecule has 0 aliphatic heterocycles. The van der Waals surface area contributed by atoms with Crippen LogP contribution in [0.1, 0.15) is 31.7 Å². The second-order valence-corrected chi connectivity index (χ2v) is 3.71. The summed E-state index contributed by atoms with van der Waals surface area (Å²) in [6, 6.07) is 7.79. The summed E-state index contributed by atoms with van der Waals surface area (Å²) < 4.78 is 4.26. The van der Waals surface area contributed by atoms with Gasteiger partial charge in [0, 0.05) is 5.69 Å². The molecule has 3 nitrogen and oxygen atoms in total. The Morgan fingerprint density at radius 3 is 2.56 bits per heavy atom. The minimum Gasteiger partial charge on any atom is -0.446 e. The van der Waals surface area contributed by atoms with Crippen molar-refractivity contribution >= 4 is 11.8 Å². The van der Waals surface area contributed by atoms with Gasteiger partial charge in [0.15, 0.2) is 0 Å². The number of carbonyl (C=O) groups is 1. The van der Waals surface area contributed by atoms with E-state index in [2.05, 4.69) is 24.1 Å². The van der Waals surface area contributed by atoms with E-state index in [1.807, 2.05) is 24.3 Å². The van der Waals surface area contributed by atoms with Gasteiger partial charge in [-0.3, -0.25) is 5.32 Å². The summed E-state index contributed by atoms with van der Waals surface area (Å²) in [6.45, 7) is 2.19. The molecule has 0 saturated heterocycles. The van der Waals surface area contributed by atoms with E-state index in [1.165, 1.54) is 24.8 Å². The zero-order valence-corrected chi connectivity index (χ0v) is 9.66. The Morgan fingerprint density at radius 1 is 1.31 bits per heavy atom. The van der Waals surface area contributed by atoms with Crippen LogP contribution in [0.2, 0.25) is 0 Å². The van der Waals surface area contributed by atoms with E-state index in [0.29, 0.717) is 0 Å². The largest absolute Gasteiger partial charge is 0.446 e. The summed E-state index contributed by atoms with van der Waals surface area (Å²) in [5, 5.41) is 2.56. The highest BCUT2D eigenvalue weighted by molar-refractivity contribution is 5.84. The molecular formula is C13H18NO2. The summed E-state index contributed by atoms with van der Waals surface area (Å²) in [4.78, 5) is 10.9. The number of hydrogen-bond acceptors (Lipinski definition) is 2. The number of amides is 1. The van der Waals surface area contributed by atoms with Gasteiger partial charge in [0.05, 0.1) is 0 Å². The Balaban J connectivity index is 2.44. The standard InChI is InChI=1S/C13H18NO2/c1-3-4-5-6-11-7-9-12(10-8-11)14-13(15)16-2/h7-10H,2-6H2,1H3,(H,14,15). The van der Waals surface area contributed by atoms with Gasteiger partial charge in [0.2, 0.25) is 0 Å². The lowest BCUT2D eigenvalue weighted by Crippen LogP contribution is -2.09. The van der Waals surface area contributed by atoms with E-state index in [1.54, 1.807) is 0 Å². The maximum absolute atomic E-state index is 10.9. The van der Waals surface area contributed by atoms with Crippen molar-refractivity contribution in [1.82, 2.24) is 0 Å². The van der Waals surface area contributed by atoms with Crippen LogP contribution in [0.3, 0.4) is 0 Å². The second-order valence-electron chi connectivity index (χ2n) is 3.71. The number of carbonyl (C=O) groups excluding carboxylic acids is 1. The number of benzene rings is 1. The maximum Gasteiger partial charge on any atom is 0.411 e. The molecule has 1 aromatic rings. The van der Waals surface area contributed by atoms with Crippen molar-refractivity contribution in [2.75, 3.05) is 5.32 Å². The van der Waals surface area contributed by atoms with Crippen LogP contribution < -0.4 is 5.32 Å². The van der Waals surface area contributed by atoms with Crippen molar-refractivity contribution in [2.24, 2.45) is 0 Å². The number of rotatable bonds is 5. The lowest BCUT2D eigenvalue weighted by molar-refractivity contribution is 0.199. The molecule has 0 saturated carbocycles. The van der Waals surface area contributed by atoms with Gasteiger partial charge in [0.25, 0.3) is 0 Å². The van der Waals surface area contributed by atoms with Crippen LogP contribution in [-0.2, 0) is 11.2 Å². The molecule has 1 aromatic carbocycles. The minimum absolute atomic E-state index is 0.543. The molecule has 0 bridgehead atoms. The number of nitrogens with one attached hydrogen (secondary N) is 1. The highest BCUT2D eigenvalue weighted by Crippen LogP contribution is 2.12. The predicted molar refractivity (Wildman–Crippen MR) is 65.1 cm³/mol. The summed E-state index contributed by atoms with van der Waals surface area (Å²) in [7, 11) is 3.04. The first-order valence-electron chi connectivity index (χ1n) is 5.58. The average molecular weight is 220 g/mol. The zero-order valence-electron chi connectivity index (χ0n) is 9.66. The molecule has 0 fully saturated rings. The third-order valence-corrected chi connectivity index (χ3v) is 2.40. The molecule has 0 atom stereocenters. The normalized spacial score (nSPS) is 9.88. The topological polar surface area (TPSA) is 38.3 Å². The molecule has 16 heavy (non-hydrogen) atoms. The minimum atomic E-state index is -0.543. The van der Waals surface area contributed by atoms with E-state index < -0.39 is 6.09 Å². The summed E-state index contributed by atoms with van der Waals surface area (Å²) in [5.41, 5.74) is 2.02.